The SMILES string of the molecule is CNCCCCC(=O)NCCCCCC(C)=O. The van der Waals surface area contributed by atoms with Gasteiger partial charge in [0.2, 0.25) is 5.91 Å². The molecule has 4 heteroatoms. The maximum absolute atomic E-state index is 11.4. The second-order valence-corrected chi connectivity index (χ2v) is 4.42. The van der Waals surface area contributed by atoms with Crippen LogP contribution in [-0.2, 0) is 9.59 Å². The van der Waals surface area contributed by atoms with E-state index in [4.69, 9.17) is 0 Å². The van der Waals surface area contributed by atoms with Gasteiger partial charge in [-0.3, -0.25) is 4.79 Å². The summed E-state index contributed by atoms with van der Waals surface area (Å²) in [6, 6.07) is 0. The van der Waals surface area contributed by atoms with Gasteiger partial charge in [0.1, 0.15) is 5.78 Å². The number of carbonyl (C=O) groups excluding carboxylic acids is 2. The fourth-order valence-electron chi connectivity index (χ4n) is 1.58. The molecule has 0 rings (SSSR count). The van der Waals surface area contributed by atoms with E-state index in [0.29, 0.717) is 12.8 Å². The maximum atomic E-state index is 11.4. The second kappa shape index (κ2) is 11.6. The van der Waals surface area contributed by atoms with Crippen molar-refractivity contribution in [3.05, 3.63) is 0 Å². The summed E-state index contributed by atoms with van der Waals surface area (Å²) < 4.78 is 0. The highest BCUT2D eigenvalue weighted by atomic mass is 16.1. The summed E-state index contributed by atoms with van der Waals surface area (Å²) in [5, 5.41) is 5.96. The van der Waals surface area contributed by atoms with Gasteiger partial charge in [-0.2, -0.15) is 0 Å². The molecule has 0 spiro atoms. The van der Waals surface area contributed by atoms with Gasteiger partial charge in [-0.25, -0.2) is 0 Å². The van der Waals surface area contributed by atoms with Crippen molar-refractivity contribution < 1.29 is 9.59 Å². The second-order valence-electron chi connectivity index (χ2n) is 4.42. The standard InChI is InChI=1S/C13H26N2O2/c1-12(16)8-4-3-6-11-15-13(17)9-5-7-10-14-2/h14H,3-11H2,1-2H3,(H,15,17). The molecule has 0 fully saturated rings. The van der Waals surface area contributed by atoms with Gasteiger partial charge in [0, 0.05) is 19.4 Å². The van der Waals surface area contributed by atoms with Crippen LogP contribution < -0.4 is 10.6 Å². The Morgan fingerprint density at radius 1 is 0.882 bits per heavy atom. The van der Waals surface area contributed by atoms with Crippen molar-refractivity contribution in [2.75, 3.05) is 20.1 Å². The molecule has 0 aromatic carbocycles. The molecule has 0 saturated heterocycles. The Labute approximate surface area is 105 Å². The summed E-state index contributed by atoms with van der Waals surface area (Å²) in [6.07, 6.45) is 6.19. The fraction of sp³-hybridized carbons (Fsp3) is 0.846. The van der Waals surface area contributed by atoms with Crippen LogP contribution in [0.5, 0.6) is 0 Å². The quantitative estimate of drug-likeness (QED) is 0.542. The smallest absolute Gasteiger partial charge is 0.219 e. The zero-order valence-electron chi connectivity index (χ0n) is 11.2. The van der Waals surface area contributed by atoms with Crippen LogP contribution in [0.25, 0.3) is 0 Å². The van der Waals surface area contributed by atoms with E-state index >= 15 is 0 Å². The van der Waals surface area contributed by atoms with Gasteiger partial charge < -0.3 is 15.4 Å². The summed E-state index contributed by atoms with van der Waals surface area (Å²) in [4.78, 5) is 22.0. The Balaban J connectivity index is 3.19. The van der Waals surface area contributed by atoms with Gasteiger partial charge in [0.05, 0.1) is 0 Å². The molecule has 0 unspecified atom stereocenters. The van der Waals surface area contributed by atoms with E-state index in [1.165, 1.54) is 0 Å². The van der Waals surface area contributed by atoms with Crippen molar-refractivity contribution in [3.63, 3.8) is 0 Å². The number of rotatable bonds is 11. The fourth-order valence-corrected chi connectivity index (χ4v) is 1.58. The average molecular weight is 242 g/mol. The highest BCUT2D eigenvalue weighted by molar-refractivity contribution is 5.75. The zero-order valence-corrected chi connectivity index (χ0v) is 11.2. The molecule has 1 amide bonds. The molecule has 4 nitrogen and oxygen atoms in total. The van der Waals surface area contributed by atoms with Gasteiger partial charge in [0.25, 0.3) is 0 Å². The van der Waals surface area contributed by atoms with Crippen molar-refractivity contribution in [1.82, 2.24) is 10.6 Å². The lowest BCUT2D eigenvalue weighted by Crippen LogP contribution is -2.24. The van der Waals surface area contributed by atoms with Crippen molar-refractivity contribution in [2.45, 2.75) is 51.9 Å². The minimum atomic E-state index is 0.146. The van der Waals surface area contributed by atoms with Crippen LogP contribution in [0, 0.1) is 0 Å². The molecular weight excluding hydrogens is 216 g/mol. The Morgan fingerprint density at radius 2 is 1.53 bits per heavy atom. The van der Waals surface area contributed by atoms with Gasteiger partial charge in [-0.05, 0) is 46.2 Å². The largest absolute Gasteiger partial charge is 0.356 e. The molecule has 0 saturated carbocycles. The van der Waals surface area contributed by atoms with E-state index in [1.54, 1.807) is 6.92 Å². The minimum Gasteiger partial charge on any atom is -0.356 e. The number of ketones is 1. The van der Waals surface area contributed by atoms with Crippen molar-refractivity contribution in [2.24, 2.45) is 0 Å². The first kappa shape index (κ1) is 16.1. The minimum absolute atomic E-state index is 0.146. The predicted molar refractivity (Wildman–Crippen MR) is 69.9 cm³/mol. The van der Waals surface area contributed by atoms with Crippen LogP contribution in [0.2, 0.25) is 0 Å². The van der Waals surface area contributed by atoms with Gasteiger partial charge in [-0.1, -0.05) is 6.42 Å². The van der Waals surface area contributed by atoms with Crippen LogP contribution in [0.15, 0.2) is 0 Å². The summed E-state index contributed by atoms with van der Waals surface area (Å²) >= 11 is 0. The topological polar surface area (TPSA) is 58.2 Å². The molecule has 0 aromatic rings. The molecule has 0 aromatic heterocycles. The van der Waals surface area contributed by atoms with E-state index in [0.717, 1.165) is 45.2 Å². The number of hydrogen-bond acceptors (Lipinski definition) is 3. The Bertz CT molecular complexity index is 217. The lowest BCUT2D eigenvalue weighted by molar-refractivity contribution is -0.121. The number of carbonyl (C=O) groups is 2. The van der Waals surface area contributed by atoms with Crippen LogP contribution >= 0.6 is 0 Å². The number of nitrogens with one attached hydrogen (secondary N) is 2. The Hall–Kier alpha value is -0.900. The lowest BCUT2D eigenvalue weighted by atomic mass is 10.1. The van der Waals surface area contributed by atoms with Crippen LogP contribution in [0.3, 0.4) is 0 Å². The summed E-state index contributed by atoms with van der Waals surface area (Å²) in [5.74, 6) is 0.395. The van der Waals surface area contributed by atoms with Crippen molar-refractivity contribution >= 4 is 11.7 Å². The van der Waals surface area contributed by atoms with Crippen molar-refractivity contribution in [1.29, 1.82) is 0 Å². The third-order valence-corrected chi connectivity index (χ3v) is 2.61. The van der Waals surface area contributed by atoms with Crippen molar-refractivity contribution in [3.8, 4) is 0 Å². The molecule has 0 aliphatic heterocycles. The molecular formula is C13H26N2O2. The summed E-state index contributed by atoms with van der Waals surface area (Å²) in [6.45, 7) is 3.33. The summed E-state index contributed by atoms with van der Waals surface area (Å²) in [5.41, 5.74) is 0. The number of Topliss-reactive ketones (excluding diaryl/α,β-unsaturated/α-hetero) is 1. The predicted octanol–water partition coefficient (Wildman–Crippen LogP) is 1.64. The highest BCUT2D eigenvalue weighted by Crippen LogP contribution is 2.00. The Kier molecular flexibility index (Phi) is 11.0. The van der Waals surface area contributed by atoms with E-state index < -0.39 is 0 Å². The zero-order chi connectivity index (χ0) is 12.9. The first-order valence-corrected chi connectivity index (χ1v) is 6.57. The Morgan fingerprint density at radius 3 is 2.18 bits per heavy atom. The first-order chi connectivity index (χ1) is 8.16. The third kappa shape index (κ3) is 13.0. The van der Waals surface area contributed by atoms with Crippen LogP contribution in [0.4, 0.5) is 0 Å². The van der Waals surface area contributed by atoms with Crippen LogP contribution in [-0.4, -0.2) is 31.8 Å². The maximum Gasteiger partial charge on any atom is 0.219 e. The molecule has 2 N–H and O–H groups in total. The number of hydrogen-bond donors (Lipinski definition) is 2. The van der Waals surface area contributed by atoms with Gasteiger partial charge in [-0.15, -0.1) is 0 Å². The van der Waals surface area contributed by atoms with E-state index in [1.807, 2.05) is 7.05 Å². The van der Waals surface area contributed by atoms with Gasteiger partial charge >= 0.3 is 0 Å². The monoisotopic (exact) mass is 242 g/mol. The first-order valence-electron chi connectivity index (χ1n) is 6.57. The summed E-state index contributed by atoms with van der Waals surface area (Å²) in [7, 11) is 1.92. The molecule has 0 aliphatic rings. The van der Waals surface area contributed by atoms with E-state index in [9.17, 15) is 9.59 Å². The molecule has 17 heavy (non-hydrogen) atoms. The van der Waals surface area contributed by atoms with Gasteiger partial charge in [0.15, 0.2) is 0 Å². The van der Waals surface area contributed by atoms with E-state index in [-0.39, 0.29) is 11.7 Å². The average Bonchev–Trinajstić information content (AvgIpc) is 2.29. The third-order valence-electron chi connectivity index (χ3n) is 2.61. The molecule has 0 heterocycles. The number of amides is 1. The highest BCUT2D eigenvalue weighted by Gasteiger charge is 2.00. The van der Waals surface area contributed by atoms with Crippen LogP contribution in [0.1, 0.15) is 51.9 Å². The molecule has 0 bridgehead atoms. The lowest BCUT2D eigenvalue weighted by Gasteiger charge is -2.04. The molecule has 100 valence electrons. The number of unbranched alkanes of at least 4 members (excludes halogenated alkanes) is 3. The molecule has 0 aliphatic carbocycles. The molecule has 0 atom stereocenters. The molecule has 0 radical (unpaired) electrons. The normalized spacial score (nSPS) is 10.2. The van der Waals surface area contributed by atoms with E-state index in [2.05, 4.69) is 10.6 Å².